The molecule has 4 heteroatoms. The molecular formula is C18H21BrN2O. The van der Waals surface area contributed by atoms with Crippen molar-refractivity contribution in [3.63, 3.8) is 0 Å². The zero-order valence-corrected chi connectivity index (χ0v) is 14.6. The number of carbonyl (C=O) groups is 1. The number of nitrogens with zero attached hydrogens (tertiary/aromatic N) is 2. The topological polar surface area (TPSA) is 25.2 Å². The summed E-state index contributed by atoms with van der Waals surface area (Å²) in [4.78, 5) is 14.8. The van der Waals surface area contributed by atoms with E-state index in [-0.39, 0.29) is 5.78 Å². The molecule has 0 radical (unpaired) electrons. The second-order valence-corrected chi connectivity index (χ2v) is 7.04. The standard InChI is InChI=1S/C18H21BrN2O/c1-13(2)21-12-16(15-11-14(19)5-6-17(15)21)18(22)7-10-20-8-3-4-9-20/h5-7,10-13H,3-4,8-9H2,1-2H3/b10-7+. The highest BCUT2D eigenvalue weighted by molar-refractivity contribution is 9.10. The molecule has 0 N–H and O–H groups in total. The highest BCUT2D eigenvalue weighted by atomic mass is 79.9. The van der Waals surface area contributed by atoms with Gasteiger partial charge in [0.25, 0.3) is 0 Å². The Hall–Kier alpha value is -1.55. The van der Waals surface area contributed by atoms with Crippen LogP contribution in [0.4, 0.5) is 0 Å². The molecule has 1 aliphatic rings. The van der Waals surface area contributed by atoms with E-state index in [9.17, 15) is 4.79 Å². The van der Waals surface area contributed by atoms with E-state index in [4.69, 9.17) is 0 Å². The van der Waals surface area contributed by atoms with Gasteiger partial charge in [0, 0.05) is 58.5 Å². The van der Waals surface area contributed by atoms with Crippen molar-refractivity contribution in [2.45, 2.75) is 32.7 Å². The number of benzene rings is 1. The summed E-state index contributed by atoms with van der Waals surface area (Å²) in [6, 6.07) is 6.45. The molecule has 22 heavy (non-hydrogen) atoms. The lowest BCUT2D eigenvalue weighted by Gasteiger charge is -2.09. The minimum Gasteiger partial charge on any atom is -0.377 e. The number of hydrogen-bond acceptors (Lipinski definition) is 2. The van der Waals surface area contributed by atoms with Gasteiger partial charge in [-0.15, -0.1) is 0 Å². The summed E-state index contributed by atoms with van der Waals surface area (Å²) in [6.07, 6.45) is 8.09. The van der Waals surface area contributed by atoms with E-state index >= 15 is 0 Å². The molecule has 1 saturated heterocycles. The monoisotopic (exact) mass is 360 g/mol. The second kappa shape index (κ2) is 6.29. The molecule has 116 valence electrons. The number of aromatic nitrogens is 1. The average molecular weight is 361 g/mol. The number of carbonyl (C=O) groups excluding carboxylic acids is 1. The van der Waals surface area contributed by atoms with Gasteiger partial charge < -0.3 is 9.47 Å². The summed E-state index contributed by atoms with van der Waals surface area (Å²) in [7, 11) is 0. The van der Waals surface area contributed by atoms with Gasteiger partial charge >= 0.3 is 0 Å². The quantitative estimate of drug-likeness (QED) is 0.579. The fourth-order valence-corrected chi connectivity index (χ4v) is 3.37. The normalized spacial score (nSPS) is 15.5. The maximum absolute atomic E-state index is 12.6. The van der Waals surface area contributed by atoms with Crippen LogP contribution in [0.15, 0.2) is 41.1 Å². The lowest BCUT2D eigenvalue weighted by atomic mass is 10.1. The molecule has 0 spiro atoms. The molecule has 0 amide bonds. The number of fused-ring (bicyclic) bond motifs is 1. The minimum absolute atomic E-state index is 0.0781. The van der Waals surface area contributed by atoms with Gasteiger partial charge in [-0.05, 0) is 44.9 Å². The third-order valence-corrected chi connectivity index (χ3v) is 4.69. The molecule has 1 fully saturated rings. The van der Waals surface area contributed by atoms with E-state index < -0.39 is 0 Å². The summed E-state index contributed by atoms with van der Waals surface area (Å²) < 4.78 is 3.16. The van der Waals surface area contributed by atoms with Crippen LogP contribution in [0.5, 0.6) is 0 Å². The van der Waals surface area contributed by atoms with Crippen molar-refractivity contribution in [3.05, 3.63) is 46.7 Å². The Labute approximate surface area is 139 Å². The third kappa shape index (κ3) is 2.98. The Kier molecular flexibility index (Phi) is 4.39. The maximum Gasteiger partial charge on any atom is 0.189 e. The summed E-state index contributed by atoms with van der Waals surface area (Å²) in [5, 5.41) is 1.01. The molecule has 0 unspecified atom stereocenters. The van der Waals surface area contributed by atoms with E-state index in [2.05, 4.69) is 45.3 Å². The summed E-state index contributed by atoms with van der Waals surface area (Å²) in [5.74, 6) is 0.0781. The van der Waals surface area contributed by atoms with Gasteiger partial charge in [0.1, 0.15) is 0 Å². The van der Waals surface area contributed by atoms with Gasteiger partial charge in [-0.3, -0.25) is 4.79 Å². The first-order valence-electron chi connectivity index (χ1n) is 7.83. The zero-order chi connectivity index (χ0) is 15.7. The van der Waals surface area contributed by atoms with E-state index in [0.29, 0.717) is 6.04 Å². The largest absolute Gasteiger partial charge is 0.377 e. The van der Waals surface area contributed by atoms with Gasteiger partial charge in [0.2, 0.25) is 0 Å². The van der Waals surface area contributed by atoms with Crippen molar-refractivity contribution < 1.29 is 4.79 Å². The van der Waals surface area contributed by atoms with E-state index in [1.165, 1.54) is 12.8 Å². The van der Waals surface area contributed by atoms with Crippen molar-refractivity contribution in [1.29, 1.82) is 0 Å². The predicted molar refractivity (Wildman–Crippen MR) is 94.3 cm³/mol. The summed E-state index contributed by atoms with van der Waals surface area (Å²) in [6.45, 7) is 6.39. The Balaban J connectivity index is 1.98. The average Bonchev–Trinajstić information content (AvgIpc) is 3.11. The molecule has 1 aromatic carbocycles. The number of halogens is 1. The van der Waals surface area contributed by atoms with Crippen LogP contribution in [0.3, 0.4) is 0 Å². The van der Waals surface area contributed by atoms with Crippen molar-refractivity contribution in [1.82, 2.24) is 9.47 Å². The van der Waals surface area contributed by atoms with Crippen LogP contribution in [0.1, 0.15) is 43.1 Å². The Morgan fingerprint density at radius 2 is 2.00 bits per heavy atom. The molecular weight excluding hydrogens is 340 g/mol. The number of ketones is 1. The Morgan fingerprint density at radius 1 is 1.27 bits per heavy atom. The summed E-state index contributed by atoms with van der Waals surface area (Å²) >= 11 is 3.51. The van der Waals surface area contributed by atoms with E-state index in [1.54, 1.807) is 6.08 Å². The predicted octanol–water partition coefficient (Wildman–Crippen LogP) is 4.78. The van der Waals surface area contributed by atoms with Crippen LogP contribution < -0.4 is 0 Å². The molecule has 1 aliphatic heterocycles. The highest BCUT2D eigenvalue weighted by Gasteiger charge is 2.15. The van der Waals surface area contributed by atoms with Crippen LogP contribution in [0.25, 0.3) is 10.9 Å². The van der Waals surface area contributed by atoms with E-state index in [1.807, 2.05) is 24.5 Å². The molecule has 0 atom stereocenters. The van der Waals surface area contributed by atoms with Gasteiger partial charge in [-0.1, -0.05) is 15.9 Å². The first kappa shape index (κ1) is 15.3. The second-order valence-electron chi connectivity index (χ2n) is 6.13. The summed E-state index contributed by atoms with van der Waals surface area (Å²) in [5.41, 5.74) is 1.89. The highest BCUT2D eigenvalue weighted by Crippen LogP contribution is 2.28. The number of rotatable bonds is 4. The number of likely N-dealkylation sites (tertiary alicyclic amines) is 1. The van der Waals surface area contributed by atoms with Gasteiger partial charge in [-0.25, -0.2) is 0 Å². The van der Waals surface area contributed by atoms with Crippen molar-refractivity contribution in [2.24, 2.45) is 0 Å². The minimum atomic E-state index is 0.0781. The zero-order valence-electron chi connectivity index (χ0n) is 13.1. The number of hydrogen-bond donors (Lipinski definition) is 0. The maximum atomic E-state index is 12.6. The van der Waals surface area contributed by atoms with Crippen molar-refractivity contribution >= 4 is 32.6 Å². The van der Waals surface area contributed by atoms with Crippen LogP contribution in [-0.2, 0) is 0 Å². The van der Waals surface area contributed by atoms with Crippen LogP contribution in [0.2, 0.25) is 0 Å². The molecule has 3 rings (SSSR count). The molecule has 2 aromatic rings. The van der Waals surface area contributed by atoms with Crippen LogP contribution in [-0.4, -0.2) is 28.3 Å². The first-order valence-corrected chi connectivity index (χ1v) is 8.62. The lowest BCUT2D eigenvalue weighted by Crippen LogP contribution is -2.11. The Bertz CT molecular complexity index is 724. The van der Waals surface area contributed by atoms with Crippen molar-refractivity contribution in [2.75, 3.05) is 13.1 Å². The third-order valence-electron chi connectivity index (χ3n) is 4.19. The molecule has 2 heterocycles. The fraction of sp³-hybridized carbons (Fsp3) is 0.389. The van der Waals surface area contributed by atoms with Crippen LogP contribution >= 0.6 is 15.9 Å². The van der Waals surface area contributed by atoms with Gasteiger partial charge in [-0.2, -0.15) is 0 Å². The SMILES string of the molecule is CC(C)n1cc(C(=O)/C=C/N2CCCC2)c2cc(Br)ccc21. The lowest BCUT2D eigenvalue weighted by molar-refractivity contribution is 0.104. The fourth-order valence-electron chi connectivity index (χ4n) is 3.00. The molecule has 0 aliphatic carbocycles. The molecule has 0 saturated carbocycles. The molecule has 3 nitrogen and oxygen atoms in total. The van der Waals surface area contributed by atoms with Gasteiger partial charge in [0.05, 0.1) is 0 Å². The van der Waals surface area contributed by atoms with Crippen LogP contribution in [0, 0.1) is 0 Å². The number of allylic oxidation sites excluding steroid dienone is 1. The first-order chi connectivity index (χ1) is 10.6. The Morgan fingerprint density at radius 3 is 2.68 bits per heavy atom. The van der Waals surface area contributed by atoms with Crippen molar-refractivity contribution in [3.8, 4) is 0 Å². The van der Waals surface area contributed by atoms with Gasteiger partial charge in [0.15, 0.2) is 5.78 Å². The smallest absolute Gasteiger partial charge is 0.189 e. The molecule has 1 aromatic heterocycles. The molecule has 0 bridgehead atoms. The van der Waals surface area contributed by atoms with E-state index in [0.717, 1.165) is 34.0 Å².